The molecule has 2 nitrogen and oxygen atoms in total. The Labute approximate surface area is 87.1 Å². The van der Waals surface area contributed by atoms with E-state index in [1.807, 2.05) is 13.8 Å². The summed E-state index contributed by atoms with van der Waals surface area (Å²) in [5.74, 6) is 3.82. The molecule has 0 N–H and O–H groups in total. The summed E-state index contributed by atoms with van der Waals surface area (Å²) >= 11 is 3.12. The van der Waals surface area contributed by atoms with Crippen LogP contribution in [0.4, 0.5) is 0 Å². The minimum atomic E-state index is -0.389. The van der Waals surface area contributed by atoms with E-state index in [1.165, 1.54) is 0 Å². The molecule has 3 heteroatoms. The van der Waals surface area contributed by atoms with Crippen LogP contribution in [0.25, 0.3) is 0 Å². The first-order chi connectivity index (χ1) is 6.12. The zero-order valence-corrected chi connectivity index (χ0v) is 9.43. The zero-order chi connectivity index (χ0) is 9.47. The SMILES string of the molecule is CC1(C)OC[C@@H]([C@H]2C[C@@H]2C#CBr)O1. The Hall–Kier alpha value is -0.0400. The fourth-order valence-corrected chi connectivity index (χ4v) is 2.08. The Balaban J connectivity index is 1.88. The number of rotatable bonds is 1. The lowest BCUT2D eigenvalue weighted by atomic mass is 10.2. The van der Waals surface area contributed by atoms with Gasteiger partial charge in [0.05, 0.1) is 12.7 Å². The molecule has 0 amide bonds. The van der Waals surface area contributed by atoms with Gasteiger partial charge in [0.1, 0.15) is 0 Å². The Morgan fingerprint density at radius 1 is 1.46 bits per heavy atom. The van der Waals surface area contributed by atoms with E-state index in [9.17, 15) is 0 Å². The standard InChI is InChI=1S/C10H13BrO2/c1-10(2)12-6-9(13-10)8-5-7(8)3-4-11/h7-9H,5-6H2,1-2H3/t7-,8-,9-/m0/s1. The second-order valence-corrected chi connectivity index (χ2v) is 4.51. The van der Waals surface area contributed by atoms with Crippen molar-refractivity contribution < 1.29 is 9.47 Å². The predicted octanol–water partition coefficient (Wildman–Crippen LogP) is 2.13. The van der Waals surface area contributed by atoms with Gasteiger partial charge >= 0.3 is 0 Å². The molecule has 0 aromatic rings. The lowest BCUT2D eigenvalue weighted by Crippen LogP contribution is -2.22. The number of hydrogen-bond donors (Lipinski definition) is 0. The van der Waals surface area contributed by atoms with Gasteiger partial charge in [-0.25, -0.2) is 0 Å². The van der Waals surface area contributed by atoms with E-state index < -0.39 is 0 Å². The van der Waals surface area contributed by atoms with Crippen LogP contribution in [-0.4, -0.2) is 18.5 Å². The molecule has 0 spiro atoms. The van der Waals surface area contributed by atoms with Gasteiger partial charge in [-0.15, -0.1) is 0 Å². The van der Waals surface area contributed by atoms with Gasteiger partial charge in [0.15, 0.2) is 5.79 Å². The summed E-state index contributed by atoms with van der Waals surface area (Å²) in [7, 11) is 0. The normalized spacial score (nSPS) is 41.0. The molecule has 2 fully saturated rings. The van der Waals surface area contributed by atoms with Gasteiger partial charge in [-0.3, -0.25) is 0 Å². The molecule has 1 saturated heterocycles. The van der Waals surface area contributed by atoms with Gasteiger partial charge in [-0.1, -0.05) is 5.92 Å². The van der Waals surface area contributed by atoms with Crippen LogP contribution < -0.4 is 0 Å². The third kappa shape index (κ3) is 2.07. The fraction of sp³-hybridized carbons (Fsp3) is 0.800. The van der Waals surface area contributed by atoms with Crippen LogP contribution in [-0.2, 0) is 9.47 Å². The van der Waals surface area contributed by atoms with E-state index >= 15 is 0 Å². The van der Waals surface area contributed by atoms with Crippen LogP contribution in [0.2, 0.25) is 0 Å². The first-order valence-electron chi connectivity index (χ1n) is 4.55. The maximum absolute atomic E-state index is 5.74. The quantitative estimate of drug-likeness (QED) is 0.659. The molecule has 0 unspecified atom stereocenters. The molecule has 0 bridgehead atoms. The monoisotopic (exact) mass is 244 g/mol. The molecule has 72 valence electrons. The molecule has 0 aromatic carbocycles. The molecule has 1 heterocycles. The average Bonchev–Trinajstić information content (AvgIpc) is 2.70. The highest BCUT2D eigenvalue weighted by Gasteiger charge is 2.48. The second-order valence-electron chi connectivity index (χ2n) is 4.11. The predicted molar refractivity (Wildman–Crippen MR) is 53.2 cm³/mol. The molecule has 0 aromatic heterocycles. The fourth-order valence-electron chi connectivity index (χ4n) is 1.79. The largest absolute Gasteiger partial charge is 0.348 e. The Morgan fingerprint density at radius 2 is 2.23 bits per heavy atom. The van der Waals surface area contributed by atoms with Crippen LogP contribution in [0.5, 0.6) is 0 Å². The van der Waals surface area contributed by atoms with Crippen LogP contribution in [0.1, 0.15) is 20.3 Å². The third-order valence-electron chi connectivity index (χ3n) is 2.59. The van der Waals surface area contributed by atoms with Gasteiger partial charge in [0.2, 0.25) is 0 Å². The molecule has 1 saturated carbocycles. The lowest BCUT2D eigenvalue weighted by Gasteiger charge is -2.16. The van der Waals surface area contributed by atoms with Crippen molar-refractivity contribution in [3.63, 3.8) is 0 Å². The van der Waals surface area contributed by atoms with Crippen molar-refractivity contribution in [2.24, 2.45) is 11.8 Å². The number of halogens is 1. The maximum atomic E-state index is 5.74. The van der Waals surface area contributed by atoms with Gasteiger partial charge in [-0.2, -0.15) is 0 Å². The summed E-state index contributed by atoms with van der Waals surface area (Å²) in [4.78, 5) is 2.77. The third-order valence-corrected chi connectivity index (χ3v) is 2.82. The van der Waals surface area contributed by atoms with Gasteiger partial charge in [0, 0.05) is 27.8 Å². The van der Waals surface area contributed by atoms with Crippen molar-refractivity contribution >= 4 is 15.9 Å². The Morgan fingerprint density at radius 3 is 2.77 bits per heavy atom. The maximum Gasteiger partial charge on any atom is 0.163 e. The lowest BCUT2D eigenvalue weighted by molar-refractivity contribution is -0.140. The van der Waals surface area contributed by atoms with E-state index in [4.69, 9.17) is 9.47 Å². The van der Waals surface area contributed by atoms with E-state index in [0.717, 1.165) is 13.0 Å². The van der Waals surface area contributed by atoms with E-state index in [-0.39, 0.29) is 11.9 Å². The Bertz CT molecular complexity index is 264. The van der Waals surface area contributed by atoms with Crippen molar-refractivity contribution in [2.75, 3.05) is 6.61 Å². The van der Waals surface area contributed by atoms with Crippen molar-refractivity contribution in [1.29, 1.82) is 0 Å². The molecule has 2 rings (SSSR count). The van der Waals surface area contributed by atoms with Crippen LogP contribution in [0.3, 0.4) is 0 Å². The summed E-state index contributed by atoms with van der Waals surface area (Å²) in [5, 5.41) is 0. The topological polar surface area (TPSA) is 18.5 Å². The van der Waals surface area contributed by atoms with Crippen molar-refractivity contribution in [2.45, 2.75) is 32.2 Å². The van der Waals surface area contributed by atoms with E-state index in [2.05, 4.69) is 26.7 Å². The number of ether oxygens (including phenoxy) is 2. The molecular formula is C10H13BrO2. The first-order valence-corrected chi connectivity index (χ1v) is 5.34. The van der Waals surface area contributed by atoms with E-state index in [0.29, 0.717) is 11.8 Å². The minimum Gasteiger partial charge on any atom is -0.348 e. The molecule has 1 aliphatic carbocycles. The van der Waals surface area contributed by atoms with Crippen molar-refractivity contribution in [3.8, 4) is 10.8 Å². The minimum absolute atomic E-state index is 0.258. The molecule has 1 aliphatic heterocycles. The first kappa shape index (κ1) is 9.51. The highest BCUT2D eigenvalue weighted by Crippen LogP contribution is 2.45. The van der Waals surface area contributed by atoms with Crippen molar-refractivity contribution in [3.05, 3.63) is 0 Å². The molecule has 2 aliphatic rings. The summed E-state index contributed by atoms with van der Waals surface area (Å²) < 4.78 is 11.2. The van der Waals surface area contributed by atoms with Gasteiger partial charge < -0.3 is 9.47 Å². The Kier molecular flexibility index (Phi) is 2.39. The summed E-state index contributed by atoms with van der Waals surface area (Å²) in [5.41, 5.74) is 0. The van der Waals surface area contributed by atoms with E-state index in [1.54, 1.807) is 0 Å². The second kappa shape index (κ2) is 3.27. The van der Waals surface area contributed by atoms with Crippen LogP contribution in [0.15, 0.2) is 0 Å². The summed E-state index contributed by atoms with van der Waals surface area (Å²) in [6, 6.07) is 0. The molecular weight excluding hydrogens is 232 g/mol. The molecule has 3 atom stereocenters. The van der Waals surface area contributed by atoms with Gasteiger partial charge in [0.25, 0.3) is 0 Å². The molecule has 13 heavy (non-hydrogen) atoms. The van der Waals surface area contributed by atoms with Crippen LogP contribution >= 0.6 is 15.9 Å². The average molecular weight is 245 g/mol. The van der Waals surface area contributed by atoms with Crippen molar-refractivity contribution in [1.82, 2.24) is 0 Å². The zero-order valence-electron chi connectivity index (χ0n) is 7.84. The van der Waals surface area contributed by atoms with Gasteiger partial charge in [-0.05, 0) is 25.1 Å². The summed E-state index contributed by atoms with van der Waals surface area (Å²) in [6.45, 7) is 4.64. The summed E-state index contributed by atoms with van der Waals surface area (Å²) in [6.07, 6.45) is 1.41. The van der Waals surface area contributed by atoms with Crippen LogP contribution in [0, 0.1) is 22.6 Å². The molecule has 0 radical (unpaired) electrons. The smallest absolute Gasteiger partial charge is 0.163 e. The highest BCUT2D eigenvalue weighted by atomic mass is 79.9. The number of hydrogen-bond acceptors (Lipinski definition) is 2. The highest BCUT2D eigenvalue weighted by molar-refractivity contribution is 9.12.